The standard InChI is InChI=1S/C30H27F2N3O2/c1-18-12-19(10-11-30-15-21(30)16-35(17-30)24-7-8-24)13-26(33-18)29(37)34-28(20-2-4-22(31)5-3-20)25-14-23(32)6-9-27(25)36/h2-6,9,12-14,21,24,28,36H,7-8,15-17H2,1H3,(H,34,37)/t21-,28?,30?/m0/s1. The first kappa shape index (κ1) is 23.6. The Morgan fingerprint density at radius 2 is 1.89 bits per heavy atom. The van der Waals surface area contributed by atoms with Crippen LogP contribution in [0.4, 0.5) is 8.78 Å². The number of pyridine rings is 1. The van der Waals surface area contributed by atoms with Crippen molar-refractivity contribution in [1.29, 1.82) is 0 Å². The second-order valence-electron chi connectivity index (χ2n) is 10.5. The molecule has 0 bridgehead atoms. The van der Waals surface area contributed by atoms with Gasteiger partial charge in [0.05, 0.1) is 6.04 Å². The van der Waals surface area contributed by atoms with Gasteiger partial charge in [0.1, 0.15) is 23.1 Å². The van der Waals surface area contributed by atoms with Gasteiger partial charge in [0, 0.05) is 41.4 Å². The average Bonchev–Trinajstić information content (AvgIpc) is 3.81. The second kappa shape index (κ2) is 8.97. The number of hydrogen-bond acceptors (Lipinski definition) is 4. The number of amides is 1. The lowest BCUT2D eigenvalue weighted by molar-refractivity contribution is 0.0937. The van der Waals surface area contributed by atoms with Crippen molar-refractivity contribution in [2.45, 2.75) is 38.3 Å². The Morgan fingerprint density at radius 1 is 1.14 bits per heavy atom. The Bertz CT molecular complexity index is 1440. The fourth-order valence-corrected chi connectivity index (χ4v) is 5.45. The summed E-state index contributed by atoms with van der Waals surface area (Å²) in [4.78, 5) is 20.3. The Kier molecular flexibility index (Phi) is 5.73. The van der Waals surface area contributed by atoms with Gasteiger partial charge in [-0.2, -0.15) is 0 Å². The monoisotopic (exact) mass is 499 g/mol. The third-order valence-corrected chi connectivity index (χ3v) is 7.66. The predicted octanol–water partition coefficient (Wildman–Crippen LogP) is 4.73. The van der Waals surface area contributed by atoms with Gasteiger partial charge in [0.25, 0.3) is 5.91 Å². The second-order valence-corrected chi connectivity index (χ2v) is 10.5. The number of carbonyl (C=O) groups excluding carboxylic acids is 1. The first-order valence-electron chi connectivity index (χ1n) is 12.6. The normalized spacial score (nSPS) is 23.1. The molecule has 6 rings (SSSR count). The highest BCUT2D eigenvalue weighted by molar-refractivity contribution is 5.93. The molecule has 1 aromatic heterocycles. The van der Waals surface area contributed by atoms with Crippen LogP contribution in [0.3, 0.4) is 0 Å². The number of nitrogens with one attached hydrogen (secondary N) is 1. The number of aromatic hydroxyl groups is 1. The number of piperidine rings is 1. The summed E-state index contributed by atoms with van der Waals surface area (Å²) in [5.74, 6) is 5.74. The zero-order chi connectivity index (χ0) is 25.7. The van der Waals surface area contributed by atoms with E-state index >= 15 is 0 Å². The number of nitrogens with zero attached hydrogens (tertiary/aromatic N) is 2. The Labute approximate surface area is 214 Å². The molecule has 2 heterocycles. The van der Waals surface area contributed by atoms with E-state index in [0.717, 1.165) is 43.2 Å². The number of phenolic OH excluding ortho intramolecular Hbond substituents is 1. The maximum absolute atomic E-state index is 14.1. The molecule has 2 unspecified atom stereocenters. The van der Waals surface area contributed by atoms with Gasteiger partial charge in [0.2, 0.25) is 0 Å². The van der Waals surface area contributed by atoms with Crippen LogP contribution in [0, 0.1) is 41.7 Å². The molecule has 3 fully saturated rings. The molecule has 3 aliphatic rings. The molecule has 7 heteroatoms. The number of benzene rings is 2. The average molecular weight is 500 g/mol. The molecule has 1 amide bonds. The molecule has 5 nitrogen and oxygen atoms in total. The van der Waals surface area contributed by atoms with Gasteiger partial charge >= 0.3 is 0 Å². The minimum atomic E-state index is -0.918. The van der Waals surface area contributed by atoms with Gasteiger partial charge in [-0.25, -0.2) is 13.8 Å². The molecule has 3 aromatic rings. The van der Waals surface area contributed by atoms with Crippen molar-refractivity contribution in [3.05, 3.63) is 94.3 Å². The van der Waals surface area contributed by atoms with Gasteiger partial charge in [0.15, 0.2) is 0 Å². The topological polar surface area (TPSA) is 65.5 Å². The highest BCUT2D eigenvalue weighted by Crippen LogP contribution is 2.59. The van der Waals surface area contributed by atoms with Crippen LogP contribution < -0.4 is 5.32 Å². The van der Waals surface area contributed by atoms with E-state index in [4.69, 9.17) is 0 Å². The van der Waals surface area contributed by atoms with Crippen molar-refractivity contribution in [1.82, 2.24) is 15.2 Å². The van der Waals surface area contributed by atoms with Crippen molar-refractivity contribution < 1.29 is 18.7 Å². The molecule has 37 heavy (non-hydrogen) atoms. The largest absolute Gasteiger partial charge is 0.508 e. The predicted molar refractivity (Wildman–Crippen MR) is 135 cm³/mol. The van der Waals surface area contributed by atoms with Gasteiger partial charge in [-0.1, -0.05) is 24.0 Å². The molecule has 0 spiro atoms. The van der Waals surface area contributed by atoms with Crippen molar-refractivity contribution >= 4 is 5.91 Å². The maximum atomic E-state index is 14.1. The van der Waals surface area contributed by atoms with Gasteiger partial charge < -0.3 is 10.4 Å². The summed E-state index contributed by atoms with van der Waals surface area (Å²) in [7, 11) is 0. The number of hydrogen-bond donors (Lipinski definition) is 2. The fourth-order valence-electron chi connectivity index (χ4n) is 5.45. The van der Waals surface area contributed by atoms with Gasteiger partial charge in [-0.3, -0.25) is 9.69 Å². The van der Waals surface area contributed by atoms with Gasteiger partial charge in [-0.15, -0.1) is 0 Å². The van der Waals surface area contributed by atoms with Crippen LogP contribution in [-0.2, 0) is 0 Å². The van der Waals surface area contributed by atoms with Crippen LogP contribution >= 0.6 is 0 Å². The van der Waals surface area contributed by atoms with E-state index in [9.17, 15) is 18.7 Å². The summed E-state index contributed by atoms with van der Waals surface area (Å²) in [5.41, 5.74) is 2.26. The van der Waals surface area contributed by atoms with E-state index in [0.29, 0.717) is 17.2 Å². The number of likely N-dealkylation sites (tertiary alicyclic amines) is 1. The molecular formula is C30H27F2N3O2. The lowest BCUT2D eigenvalue weighted by atomic mass is 9.97. The number of halogens is 2. The number of phenols is 1. The summed E-state index contributed by atoms with van der Waals surface area (Å²) < 4.78 is 27.6. The molecule has 1 saturated heterocycles. The van der Waals surface area contributed by atoms with Crippen LogP contribution in [0.1, 0.15) is 58.2 Å². The maximum Gasteiger partial charge on any atom is 0.270 e. The van der Waals surface area contributed by atoms with E-state index in [1.165, 1.54) is 43.2 Å². The number of aromatic nitrogens is 1. The first-order chi connectivity index (χ1) is 17.8. The van der Waals surface area contributed by atoms with E-state index in [2.05, 4.69) is 27.0 Å². The van der Waals surface area contributed by atoms with Crippen LogP contribution in [0.5, 0.6) is 5.75 Å². The molecule has 3 atom stereocenters. The molecule has 0 radical (unpaired) electrons. The summed E-state index contributed by atoms with van der Waals surface area (Å²) in [5, 5.41) is 13.3. The van der Waals surface area contributed by atoms with Crippen molar-refractivity contribution in [3.63, 3.8) is 0 Å². The Balaban J connectivity index is 1.27. The lowest BCUT2D eigenvalue weighted by Crippen LogP contribution is -2.30. The van der Waals surface area contributed by atoms with E-state index in [-0.39, 0.29) is 22.4 Å². The first-order valence-corrected chi connectivity index (χ1v) is 12.6. The van der Waals surface area contributed by atoms with Crippen LogP contribution in [-0.4, -0.2) is 40.0 Å². The highest BCUT2D eigenvalue weighted by atomic mass is 19.1. The molecule has 2 saturated carbocycles. The summed E-state index contributed by atoms with van der Waals surface area (Å²) in [6, 6.07) is 12.3. The third-order valence-electron chi connectivity index (χ3n) is 7.66. The van der Waals surface area contributed by atoms with Crippen LogP contribution in [0.2, 0.25) is 0 Å². The summed E-state index contributed by atoms with van der Waals surface area (Å²) in [6.45, 7) is 3.98. The Hall–Kier alpha value is -3.76. The molecule has 2 N–H and O–H groups in total. The fraction of sp³-hybridized carbons (Fsp3) is 0.333. The minimum Gasteiger partial charge on any atom is -0.508 e. The van der Waals surface area contributed by atoms with Gasteiger partial charge in [-0.05, 0) is 80.1 Å². The van der Waals surface area contributed by atoms with E-state index in [1.54, 1.807) is 13.0 Å². The number of rotatable bonds is 5. The number of carbonyl (C=O) groups is 1. The SMILES string of the molecule is Cc1cc(C#CC23C[C@H]2CN(C2CC2)C3)cc(C(=O)NC(c2ccc(F)cc2)c2cc(F)ccc2O)n1. The van der Waals surface area contributed by atoms with Crippen molar-refractivity contribution in [3.8, 4) is 17.6 Å². The van der Waals surface area contributed by atoms with Crippen molar-refractivity contribution in [2.24, 2.45) is 11.3 Å². The van der Waals surface area contributed by atoms with Crippen LogP contribution in [0.15, 0.2) is 54.6 Å². The molecule has 188 valence electrons. The molecule has 1 aliphatic heterocycles. The smallest absolute Gasteiger partial charge is 0.270 e. The zero-order valence-corrected chi connectivity index (χ0v) is 20.5. The van der Waals surface area contributed by atoms with Crippen molar-refractivity contribution in [2.75, 3.05) is 13.1 Å². The minimum absolute atomic E-state index is 0.0742. The molecule has 2 aromatic carbocycles. The summed E-state index contributed by atoms with van der Waals surface area (Å²) in [6.07, 6.45) is 3.73. The third kappa shape index (κ3) is 4.82. The highest BCUT2D eigenvalue weighted by Gasteiger charge is 2.60. The number of fused-ring (bicyclic) bond motifs is 1. The molecule has 2 aliphatic carbocycles. The molecular weight excluding hydrogens is 472 g/mol. The van der Waals surface area contributed by atoms with E-state index in [1.807, 2.05) is 6.07 Å². The number of aryl methyl sites for hydroxylation is 1. The van der Waals surface area contributed by atoms with E-state index < -0.39 is 23.6 Å². The quantitative estimate of drug-likeness (QED) is 0.499. The van der Waals surface area contributed by atoms with Crippen LogP contribution in [0.25, 0.3) is 0 Å². The summed E-state index contributed by atoms with van der Waals surface area (Å²) >= 11 is 0. The Morgan fingerprint density at radius 3 is 2.65 bits per heavy atom. The zero-order valence-electron chi connectivity index (χ0n) is 20.5. The lowest BCUT2D eigenvalue weighted by Gasteiger charge is -2.21.